The van der Waals surface area contributed by atoms with Crippen molar-refractivity contribution in [2.75, 3.05) is 38.1 Å². The van der Waals surface area contributed by atoms with Gasteiger partial charge in [0.1, 0.15) is 29.0 Å². The molecule has 4 aromatic rings. The monoisotopic (exact) mass is 591 g/mol. The zero-order valence-corrected chi connectivity index (χ0v) is 24.9. The maximum Gasteiger partial charge on any atom is 0.317 e. The minimum Gasteiger partial charge on any atom is -0.465 e. The van der Waals surface area contributed by atoms with Crippen LogP contribution < -0.4 is 5.32 Å². The summed E-state index contributed by atoms with van der Waals surface area (Å²) in [6, 6.07) is 16.4. The van der Waals surface area contributed by atoms with E-state index in [2.05, 4.69) is 20.3 Å². The number of likely N-dealkylation sites (tertiary alicyclic amines) is 1. The number of hydrogen-bond acceptors (Lipinski definition) is 7. The number of anilines is 1. The average molecular weight is 592 g/mol. The number of rotatable bonds is 12. The van der Waals surface area contributed by atoms with Gasteiger partial charge in [0.15, 0.2) is 5.65 Å². The number of esters is 1. The fraction of sp³-hybridized carbons (Fsp3) is 0.424. The Labute approximate surface area is 251 Å². The molecule has 8 nitrogen and oxygen atoms in total. The molecule has 1 aliphatic heterocycles. The van der Waals surface area contributed by atoms with Gasteiger partial charge in [0.05, 0.1) is 24.6 Å². The van der Waals surface area contributed by atoms with Crippen LogP contribution in [-0.2, 0) is 19.7 Å². The molecule has 2 aromatic carbocycles. The average Bonchev–Trinajstić information content (AvgIpc) is 3.45. The van der Waals surface area contributed by atoms with Gasteiger partial charge in [-0.1, -0.05) is 24.3 Å². The summed E-state index contributed by atoms with van der Waals surface area (Å²) in [6.07, 6.45) is 4.17. The summed E-state index contributed by atoms with van der Waals surface area (Å²) in [5, 5.41) is 8.01. The van der Waals surface area contributed by atoms with Crippen molar-refractivity contribution in [1.29, 1.82) is 0 Å². The second kappa shape index (κ2) is 13.6. The summed E-state index contributed by atoms with van der Waals surface area (Å²) in [6.45, 7) is 9.27. The first-order valence-corrected chi connectivity index (χ1v) is 14.9. The lowest BCUT2D eigenvalue weighted by atomic mass is 9.90. The summed E-state index contributed by atoms with van der Waals surface area (Å²) >= 11 is 0. The summed E-state index contributed by atoms with van der Waals surface area (Å²) < 4.78 is 40.5. The quantitative estimate of drug-likeness (QED) is 0.162. The number of benzene rings is 2. The Bertz CT molecular complexity index is 1450. The highest BCUT2D eigenvalue weighted by molar-refractivity contribution is 5.81. The lowest BCUT2D eigenvalue weighted by Gasteiger charge is -2.34. The highest BCUT2D eigenvalue weighted by atomic mass is 19.1. The van der Waals surface area contributed by atoms with Crippen molar-refractivity contribution >= 4 is 17.4 Å². The zero-order valence-electron chi connectivity index (χ0n) is 24.9. The number of aromatic nitrogens is 3. The standard InChI is InChI=1S/C33H39F2N5O3/c1-4-42-32(41)33(2,3)28-22-40-30(37-28)15-14-29(38-40)36-18-5-19-39-20-16-27(17-21-39)43-31(23-6-10-25(34)11-7-23)24-8-12-26(35)13-9-24/h6-15,22,27,31H,4-5,16-21H2,1-3H3,(H,36,38). The molecule has 228 valence electrons. The van der Waals surface area contributed by atoms with Crippen LogP contribution in [0, 0.1) is 11.6 Å². The first-order valence-electron chi connectivity index (χ1n) is 14.9. The van der Waals surface area contributed by atoms with E-state index in [0.29, 0.717) is 17.9 Å². The Hall–Kier alpha value is -3.89. The fourth-order valence-corrected chi connectivity index (χ4v) is 5.30. The molecular formula is C33H39F2N5O3. The van der Waals surface area contributed by atoms with E-state index in [-0.39, 0.29) is 29.8 Å². The number of ether oxygens (including phenoxy) is 2. The van der Waals surface area contributed by atoms with E-state index in [9.17, 15) is 13.6 Å². The summed E-state index contributed by atoms with van der Waals surface area (Å²) in [7, 11) is 0. The second-order valence-electron chi connectivity index (χ2n) is 11.4. The Morgan fingerprint density at radius 2 is 1.63 bits per heavy atom. The number of fused-ring (bicyclic) bond motifs is 1. The van der Waals surface area contributed by atoms with Crippen molar-refractivity contribution in [3.8, 4) is 0 Å². The number of imidazole rings is 1. The normalized spacial score (nSPS) is 14.8. The van der Waals surface area contributed by atoms with E-state index in [0.717, 1.165) is 62.4 Å². The first kappa shape index (κ1) is 30.6. The topological polar surface area (TPSA) is 81.0 Å². The van der Waals surface area contributed by atoms with Crippen molar-refractivity contribution in [2.24, 2.45) is 0 Å². The zero-order chi connectivity index (χ0) is 30.4. The van der Waals surface area contributed by atoms with Crippen LogP contribution in [-0.4, -0.2) is 64.4 Å². The highest BCUT2D eigenvalue weighted by Gasteiger charge is 2.34. The smallest absolute Gasteiger partial charge is 0.317 e. The molecule has 0 unspecified atom stereocenters. The van der Waals surface area contributed by atoms with Crippen LogP contribution in [0.1, 0.15) is 63.0 Å². The minimum absolute atomic E-state index is 0.0549. The number of piperidine rings is 1. The van der Waals surface area contributed by atoms with Gasteiger partial charge in [-0.2, -0.15) is 0 Å². The van der Waals surface area contributed by atoms with Crippen LogP contribution >= 0.6 is 0 Å². The van der Waals surface area contributed by atoms with Gasteiger partial charge in [0, 0.05) is 19.6 Å². The molecule has 0 atom stereocenters. The predicted octanol–water partition coefficient (Wildman–Crippen LogP) is 5.92. The molecule has 0 saturated carbocycles. The molecular weight excluding hydrogens is 552 g/mol. The summed E-state index contributed by atoms with van der Waals surface area (Å²) in [5.41, 5.74) is 2.12. The molecule has 1 aliphatic rings. The number of halogens is 2. The maximum atomic E-state index is 13.6. The third kappa shape index (κ3) is 7.55. The number of carbonyl (C=O) groups is 1. The van der Waals surface area contributed by atoms with Gasteiger partial charge in [-0.15, -0.1) is 5.10 Å². The SMILES string of the molecule is CCOC(=O)C(C)(C)c1cn2nc(NCCCN3CCC(OC(c4ccc(F)cc4)c4ccc(F)cc4)CC3)ccc2n1. The van der Waals surface area contributed by atoms with Crippen LogP contribution in [0.5, 0.6) is 0 Å². The van der Waals surface area contributed by atoms with Gasteiger partial charge >= 0.3 is 5.97 Å². The molecule has 1 fully saturated rings. The first-order chi connectivity index (χ1) is 20.7. The van der Waals surface area contributed by atoms with E-state index in [4.69, 9.17) is 9.47 Å². The van der Waals surface area contributed by atoms with Gasteiger partial charge in [-0.3, -0.25) is 4.79 Å². The molecule has 0 radical (unpaired) electrons. The number of hydrogen-bond donors (Lipinski definition) is 1. The van der Waals surface area contributed by atoms with Gasteiger partial charge in [-0.05, 0) is 94.1 Å². The molecule has 0 bridgehead atoms. The molecule has 1 saturated heterocycles. The number of carbonyl (C=O) groups excluding carboxylic acids is 1. The van der Waals surface area contributed by atoms with Crippen LogP contribution in [0.2, 0.25) is 0 Å². The molecule has 1 N–H and O–H groups in total. The van der Waals surface area contributed by atoms with Gasteiger partial charge in [-0.25, -0.2) is 18.3 Å². The lowest BCUT2D eigenvalue weighted by Crippen LogP contribution is -2.38. The van der Waals surface area contributed by atoms with Crippen molar-refractivity contribution in [1.82, 2.24) is 19.5 Å². The van der Waals surface area contributed by atoms with Crippen LogP contribution in [0.25, 0.3) is 5.65 Å². The van der Waals surface area contributed by atoms with Crippen molar-refractivity contribution in [3.63, 3.8) is 0 Å². The summed E-state index contributed by atoms with van der Waals surface area (Å²) in [4.78, 5) is 19.4. The van der Waals surface area contributed by atoms with Crippen molar-refractivity contribution in [2.45, 2.75) is 57.7 Å². The third-order valence-corrected chi connectivity index (χ3v) is 7.91. The van der Waals surface area contributed by atoms with E-state index < -0.39 is 5.41 Å². The lowest BCUT2D eigenvalue weighted by molar-refractivity contribution is -0.148. The van der Waals surface area contributed by atoms with Gasteiger partial charge in [0.25, 0.3) is 0 Å². The molecule has 0 amide bonds. The van der Waals surface area contributed by atoms with Crippen LogP contribution in [0.4, 0.5) is 14.6 Å². The van der Waals surface area contributed by atoms with Crippen LogP contribution in [0.15, 0.2) is 66.9 Å². The van der Waals surface area contributed by atoms with Crippen LogP contribution in [0.3, 0.4) is 0 Å². The highest BCUT2D eigenvalue weighted by Crippen LogP contribution is 2.31. The van der Waals surface area contributed by atoms with E-state index >= 15 is 0 Å². The van der Waals surface area contributed by atoms with E-state index in [1.54, 1.807) is 55.7 Å². The number of nitrogens with zero attached hydrogens (tertiary/aromatic N) is 4. The second-order valence-corrected chi connectivity index (χ2v) is 11.4. The van der Waals surface area contributed by atoms with Gasteiger partial charge in [0.2, 0.25) is 0 Å². The molecule has 3 heterocycles. The Balaban J connectivity index is 1.09. The Morgan fingerprint density at radius 3 is 2.23 bits per heavy atom. The molecule has 0 spiro atoms. The fourth-order valence-electron chi connectivity index (χ4n) is 5.30. The van der Waals surface area contributed by atoms with E-state index in [1.807, 2.05) is 12.1 Å². The van der Waals surface area contributed by atoms with E-state index in [1.165, 1.54) is 24.3 Å². The Kier molecular flexibility index (Phi) is 9.67. The van der Waals surface area contributed by atoms with Crippen molar-refractivity contribution < 1.29 is 23.0 Å². The predicted molar refractivity (Wildman–Crippen MR) is 161 cm³/mol. The molecule has 2 aromatic heterocycles. The number of nitrogens with one attached hydrogen (secondary N) is 1. The van der Waals surface area contributed by atoms with Crippen molar-refractivity contribution in [3.05, 3.63) is 95.3 Å². The minimum atomic E-state index is -0.862. The molecule has 43 heavy (non-hydrogen) atoms. The molecule has 0 aliphatic carbocycles. The third-order valence-electron chi connectivity index (χ3n) is 7.91. The largest absolute Gasteiger partial charge is 0.465 e. The Morgan fingerprint density at radius 1 is 1.00 bits per heavy atom. The summed E-state index contributed by atoms with van der Waals surface area (Å²) in [5.74, 6) is -0.170. The molecule has 10 heteroatoms. The maximum absolute atomic E-state index is 13.6. The van der Waals surface area contributed by atoms with Gasteiger partial charge < -0.3 is 19.7 Å². The molecule has 5 rings (SSSR count).